The Labute approximate surface area is 123 Å². The van der Waals surface area contributed by atoms with Crippen LogP contribution in [0.2, 0.25) is 0 Å². The fourth-order valence-corrected chi connectivity index (χ4v) is 2.22. The van der Waals surface area contributed by atoms with E-state index in [1.807, 2.05) is 0 Å². The van der Waals surface area contributed by atoms with Gasteiger partial charge < -0.3 is 23.7 Å². The van der Waals surface area contributed by atoms with Crippen molar-refractivity contribution in [1.29, 1.82) is 0 Å². The van der Waals surface area contributed by atoms with E-state index in [0.717, 1.165) is 25.7 Å². The molecule has 21 heavy (non-hydrogen) atoms. The average molecular weight is 302 g/mol. The lowest BCUT2D eigenvalue weighted by Gasteiger charge is -2.11. The molecule has 2 aliphatic rings. The summed E-state index contributed by atoms with van der Waals surface area (Å²) in [6, 6.07) is 0. The van der Waals surface area contributed by atoms with Gasteiger partial charge in [0.1, 0.15) is 13.2 Å². The number of esters is 2. The maximum absolute atomic E-state index is 11.5. The van der Waals surface area contributed by atoms with E-state index < -0.39 is 12.2 Å². The first-order valence-electron chi connectivity index (χ1n) is 7.41. The molecule has 2 atom stereocenters. The topological polar surface area (TPSA) is 80.3 Å². The van der Waals surface area contributed by atoms with E-state index in [2.05, 4.69) is 0 Å². The van der Waals surface area contributed by atoms with Crippen LogP contribution in [0.5, 0.6) is 0 Å². The van der Waals surface area contributed by atoms with E-state index in [4.69, 9.17) is 23.7 Å². The van der Waals surface area contributed by atoms with Gasteiger partial charge in [0, 0.05) is 13.2 Å². The smallest absolute Gasteiger partial charge is 0.335 e. The molecule has 0 aromatic heterocycles. The Morgan fingerprint density at radius 2 is 1.29 bits per heavy atom. The number of carbonyl (C=O) groups excluding carboxylic acids is 2. The molecule has 0 saturated carbocycles. The normalized spacial score (nSPS) is 25.0. The van der Waals surface area contributed by atoms with Gasteiger partial charge in [0.25, 0.3) is 0 Å². The standard InChI is InChI=1S/C14H22O7/c15-13(11-3-1-5-18-11)20-9-7-17-8-10-21-14(16)12-4-2-6-19-12/h11-12H,1-10H2. The minimum absolute atomic E-state index is 0.179. The Bertz CT molecular complexity index is 300. The molecular weight excluding hydrogens is 280 g/mol. The molecule has 2 rings (SSSR count). The first-order valence-corrected chi connectivity index (χ1v) is 7.41. The lowest BCUT2D eigenvalue weighted by Crippen LogP contribution is -2.25. The number of hydrogen-bond donors (Lipinski definition) is 0. The van der Waals surface area contributed by atoms with Gasteiger partial charge in [-0.15, -0.1) is 0 Å². The summed E-state index contributed by atoms with van der Waals surface area (Å²) in [4.78, 5) is 23.0. The Kier molecular flexibility index (Phi) is 6.91. The van der Waals surface area contributed by atoms with Gasteiger partial charge in [-0.3, -0.25) is 0 Å². The summed E-state index contributed by atoms with van der Waals surface area (Å²) in [5, 5.41) is 0. The minimum atomic E-state index is -0.419. The van der Waals surface area contributed by atoms with Crippen molar-refractivity contribution in [2.45, 2.75) is 37.9 Å². The van der Waals surface area contributed by atoms with Crippen molar-refractivity contribution in [1.82, 2.24) is 0 Å². The molecule has 120 valence electrons. The third-order valence-electron chi connectivity index (χ3n) is 3.33. The zero-order valence-corrected chi connectivity index (χ0v) is 12.1. The minimum Gasteiger partial charge on any atom is -0.461 e. The molecule has 7 nitrogen and oxygen atoms in total. The largest absolute Gasteiger partial charge is 0.461 e. The Morgan fingerprint density at radius 1 is 0.810 bits per heavy atom. The summed E-state index contributed by atoms with van der Waals surface area (Å²) >= 11 is 0. The number of hydrogen-bond acceptors (Lipinski definition) is 7. The highest BCUT2D eigenvalue weighted by Gasteiger charge is 2.25. The summed E-state index contributed by atoms with van der Waals surface area (Å²) in [5.41, 5.74) is 0. The van der Waals surface area contributed by atoms with Crippen LogP contribution >= 0.6 is 0 Å². The number of ether oxygens (including phenoxy) is 5. The lowest BCUT2D eigenvalue weighted by molar-refractivity contribution is -0.157. The van der Waals surface area contributed by atoms with E-state index in [1.54, 1.807) is 0 Å². The fourth-order valence-electron chi connectivity index (χ4n) is 2.22. The van der Waals surface area contributed by atoms with Gasteiger partial charge in [-0.1, -0.05) is 0 Å². The molecular formula is C14H22O7. The van der Waals surface area contributed by atoms with Gasteiger partial charge in [0.15, 0.2) is 12.2 Å². The Balaban J connectivity index is 1.41. The van der Waals surface area contributed by atoms with Crippen LogP contribution in [0.4, 0.5) is 0 Å². The summed E-state index contributed by atoms with van der Waals surface area (Å²) in [7, 11) is 0. The van der Waals surface area contributed by atoms with E-state index in [9.17, 15) is 9.59 Å². The molecule has 0 radical (unpaired) electrons. The highest BCUT2D eigenvalue weighted by molar-refractivity contribution is 5.75. The SMILES string of the molecule is O=C(OCCOCCOC(=O)C1CCCO1)C1CCCO1. The van der Waals surface area contributed by atoms with Gasteiger partial charge >= 0.3 is 11.9 Å². The maximum atomic E-state index is 11.5. The van der Waals surface area contributed by atoms with Crippen molar-refractivity contribution >= 4 is 11.9 Å². The second-order valence-corrected chi connectivity index (χ2v) is 4.95. The van der Waals surface area contributed by atoms with Crippen molar-refractivity contribution in [3.05, 3.63) is 0 Å². The first-order chi connectivity index (χ1) is 10.3. The van der Waals surface area contributed by atoms with Crippen LogP contribution in [-0.4, -0.2) is 63.8 Å². The summed E-state index contributed by atoms with van der Waals surface area (Å²) in [6.45, 7) is 2.14. The predicted molar refractivity (Wildman–Crippen MR) is 70.7 cm³/mol. The molecule has 2 heterocycles. The third-order valence-corrected chi connectivity index (χ3v) is 3.33. The fraction of sp³-hybridized carbons (Fsp3) is 0.857. The second kappa shape index (κ2) is 8.96. The molecule has 0 aliphatic carbocycles. The van der Waals surface area contributed by atoms with Crippen molar-refractivity contribution < 1.29 is 33.3 Å². The van der Waals surface area contributed by atoms with Crippen molar-refractivity contribution in [3.8, 4) is 0 Å². The third kappa shape index (κ3) is 5.61. The molecule has 2 saturated heterocycles. The summed E-state index contributed by atoms with van der Waals surface area (Å²) in [6.07, 6.45) is 2.39. The number of carbonyl (C=O) groups is 2. The van der Waals surface area contributed by atoms with Gasteiger partial charge in [0.05, 0.1) is 13.2 Å². The maximum Gasteiger partial charge on any atom is 0.335 e. The second-order valence-electron chi connectivity index (χ2n) is 4.95. The van der Waals surface area contributed by atoms with E-state index in [0.29, 0.717) is 13.2 Å². The van der Waals surface area contributed by atoms with Crippen LogP contribution in [0.25, 0.3) is 0 Å². The molecule has 0 aromatic carbocycles. The zero-order chi connectivity index (χ0) is 14.9. The Morgan fingerprint density at radius 3 is 1.67 bits per heavy atom. The van der Waals surface area contributed by atoms with Crippen LogP contribution in [0, 0.1) is 0 Å². The number of rotatable bonds is 8. The molecule has 2 unspecified atom stereocenters. The van der Waals surface area contributed by atoms with Gasteiger partial charge in [0.2, 0.25) is 0 Å². The van der Waals surface area contributed by atoms with E-state index in [1.165, 1.54) is 0 Å². The van der Waals surface area contributed by atoms with Gasteiger partial charge in [-0.05, 0) is 25.7 Å². The predicted octanol–water partition coefficient (Wildman–Crippen LogP) is 0.447. The summed E-state index contributed by atoms with van der Waals surface area (Å²) in [5.74, 6) is -0.665. The monoisotopic (exact) mass is 302 g/mol. The van der Waals surface area contributed by atoms with E-state index >= 15 is 0 Å². The lowest BCUT2D eigenvalue weighted by atomic mass is 10.2. The quantitative estimate of drug-likeness (QED) is 0.475. The van der Waals surface area contributed by atoms with Crippen molar-refractivity contribution in [2.75, 3.05) is 39.6 Å². The summed E-state index contributed by atoms with van der Waals surface area (Å²) < 4.78 is 25.7. The molecule has 0 bridgehead atoms. The molecule has 0 aromatic rings. The average Bonchev–Trinajstić information content (AvgIpc) is 3.18. The molecule has 0 amide bonds. The zero-order valence-electron chi connectivity index (χ0n) is 12.1. The first kappa shape index (κ1) is 16.2. The van der Waals surface area contributed by atoms with Crippen LogP contribution in [0.1, 0.15) is 25.7 Å². The van der Waals surface area contributed by atoms with E-state index in [-0.39, 0.29) is 38.4 Å². The molecule has 0 spiro atoms. The molecule has 2 fully saturated rings. The van der Waals surface area contributed by atoms with Crippen LogP contribution < -0.4 is 0 Å². The Hall–Kier alpha value is -1.18. The van der Waals surface area contributed by atoms with Crippen LogP contribution in [-0.2, 0) is 33.3 Å². The molecule has 2 aliphatic heterocycles. The molecule has 0 N–H and O–H groups in total. The highest BCUT2D eigenvalue weighted by atomic mass is 16.6. The van der Waals surface area contributed by atoms with Crippen molar-refractivity contribution in [3.63, 3.8) is 0 Å². The highest BCUT2D eigenvalue weighted by Crippen LogP contribution is 2.13. The molecule has 7 heteroatoms. The van der Waals surface area contributed by atoms with Gasteiger partial charge in [-0.25, -0.2) is 9.59 Å². The van der Waals surface area contributed by atoms with Crippen LogP contribution in [0.3, 0.4) is 0 Å². The van der Waals surface area contributed by atoms with Crippen LogP contribution in [0.15, 0.2) is 0 Å². The van der Waals surface area contributed by atoms with Crippen molar-refractivity contribution in [2.24, 2.45) is 0 Å². The van der Waals surface area contributed by atoms with Gasteiger partial charge in [-0.2, -0.15) is 0 Å².